The van der Waals surface area contributed by atoms with Crippen LogP contribution in [0.5, 0.6) is 0 Å². The molecule has 6 heteroatoms. The van der Waals surface area contributed by atoms with E-state index in [0.717, 1.165) is 0 Å². The smallest absolute Gasteiger partial charge is 0.306 e. The van der Waals surface area contributed by atoms with Crippen LogP contribution in [0.25, 0.3) is 0 Å². The lowest BCUT2D eigenvalue weighted by Gasteiger charge is -2.15. The molecule has 16 heavy (non-hydrogen) atoms. The van der Waals surface area contributed by atoms with E-state index in [4.69, 9.17) is 9.47 Å². The van der Waals surface area contributed by atoms with Gasteiger partial charge in [-0.05, 0) is 13.8 Å². The van der Waals surface area contributed by atoms with Crippen molar-refractivity contribution in [3.63, 3.8) is 0 Å². The van der Waals surface area contributed by atoms with E-state index in [0.29, 0.717) is 13.2 Å². The molecule has 0 aromatic heterocycles. The second-order valence-corrected chi connectivity index (χ2v) is 5.40. The summed E-state index contributed by atoms with van der Waals surface area (Å²) in [7, 11) is 0. The fourth-order valence-corrected chi connectivity index (χ4v) is 1.92. The molecule has 2 atom stereocenters. The van der Waals surface area contributed by atoms with E-state index in [-0.39, 0.29) is 34.4 Å². The average molecular weight is 360 g/mol. The van der Waals surface area contributed by atoms with Crippen LogP contribution >= 0.6 is 31.9 Å². The fourth-order valence-electron chi connectivity index (χ4n) is 1.01. The Morgan fingerprint density at radius 2 is 1.25 bits per heavy atom. The van der Waals surface area contributed by atoms with Gasteiger partial charge in [0.2, 0.25) is 0 Å². The van der Waals surface area contributed by atoms with Crippen molar-refractivity contribution in [2.24, 2.45) is 0 Å². The predicted molar refractivity (Wildman–Crippen MR) is 67.9 cm³/mol. The van der Waals surface area contributed by atoms with Crippen molar-refractivity contribution in [1.82, 2.24) is 0 Å². The van der Waals surface area contributed by atoms with Gasteiger partial charge >= 0.3 is 11.9 Å². The van der Waals surface area contributed by atoms with E-state index in [9.17, 15) is 9.59 Å². The topological polar surface area (TPSA) is 52.6 Å². The summed E-state index contributed by atoms with van der Waals surface area (Å²) in [6, 6.07) is 0. The summed E-state index contributed by atoms with van der Waals surface area (Å²) in [5.74, 6) is -0.560. The van der Waals surface area contributed by atoms with Gasteiger partial charge in [-0.25, -0.2) is 0 Å². The summed E-state index contributed by atoms with van der Waals surface area (Å²) in [5.41, 5.74) is 0. The SMILES string of the molecule is CCOC(=O)C[C@@H](Br)[C@@H](Br)CC(=O)OCC. The summed E-state index contributed by atoms with van der Waals surface area (Å²) in [4.78, 5) is 22.1. The van der Waals surface area contributed by atoms with Crippen LogP contribution < -0.4 is 0 Å². The van der Waals surface area contributed by atoms with E-state index in [1.807, 2.05) is 0 Å². The van der Waals surface area contributed by atoms with Crippen LogP contribution in [-0.2, 0) is 19.1 Å². The quantitative estimate of drug-likeness (QED) is 0.517. The first-order valence-electron chi connectivity index (χ1n) is 5.10. The molecule has 0 aliphatic rings. The van der Waals surface area contributed by atoms with Crippen LogP contribution in [0, 0.1) is 0 Å². The van der Waals surface area contributed by atoms with Gasteiger partial charge < -0.3 is 9.47 Å². The lowest BCUT2D eigenvalue weighted by atomic mass is 10.2. The van der Waals surface area contributed by atoms with Crippen LogP contribution in [0.2, 0.25) is 0 Å². The number of hydrogen-bond donors (Lipinski definition) is 0. The number of carbonyl (C=O) groups excluding carboxylic acids is 2. The van der Waals surface area contributed by atoms with E-state index >= 15 is 0 Å². The van der Waals surface area contributed by atoms with Crippen LogP contribution in [0.15, 0.2) is 0 Å². The molecule has 0 spiro atoms. The number of carbonyl (C=O) groups is 2. The Kier molecular flexibility index (Phi) is 8.93. The van der Waals surface area contributed by atoms with E-state index in [1.54, 1.807) is 13.8 Å². The Morgan fingerprint density at radius 1 is 0.938 bits per heavy atom. The first kappa shape index (κ1) is 15.9. The molecule has 0 radical (unpaired) electrons. The minimum Gasteiger partial charge on any atom is -0.466 e. The summed E-state index contributed by atoms with van der Waals surface area (Å²) >= 11 is 6.68. The zero-order valence-electron chi connectivity index (χ0n) is 9.37. The van der Waals surface area contributed by atoms with Crippen molar-refractivity contribution >= 4 is 43.8 Å². The zero-order chi connectivity index (χ0) is 12.6. The minimum absolute atomic E-state index is 0.143. The maximum absolute atomic E-state index is 11.2. The molecule has 0 aromatic carbocycles. The minimum atomic E-state index is -0.280. The van der Waals surface area contributed by atoms with Crippen molar-refractivity contribution in [3.05, 3.63) is 0 Å². The highest BCUT2D eigenvalue weighted by molar-refractivity contribution is 9.12. The molecule has 0 aromatic rings. The standard InChI is InChI=1S/C10H16Br2O4/c1-3-15-9(13)5-7(11)8(12)6-10(14)16-4-2/h7-8H,3-6H2,1-2H3/t7-,8+. The molecule has 0 bridgehead atoms. The second-order valence-electron chi connectivity index (χ2n) is 3.05. The highest BCUT2D eigenvalue weighted by Crippen LogP contribution is 2.21. The summed E-state index contributed by atoms with van der Waals surface area (Å²) < 4.78 is 9.62. The zero-order valence-corrected chi connectivity index (χ0v) is 12.5. The van der Waals surface area contributed by atoms with Crippen molar-refractivity contribution < 1.29 is 19.1 Å². The van der Waals surface area contributed by atoms with Crippen LogP contribution in [0.1, 0.15) is 26.7 Å². The van der Waals surface area contributed by atoms with Crippen molar-refractivity contribution in [2.75, 3.05) is 13.2 Å². The van der Waals surface area contributed by atoms with Crippen LogP contribution in [0.3, 0.4) is 0 Å². The number of rotatable bonds is 7. The first-order valence-corrected chi connectivity index (χ1v) is 6.93. The molecule has 4 nitrogen and oxygen atoms in total. The molecule has 0 unspecified atom stereocenters. The summed E-state index contributed by atoms with van der Waals surface area (Å²) in [5, 5.41) is 0. The van der Waals surface area contributed by atoms with Crippen molar-refractivity contribution in [2.45, 2.75) is 36.3 Å². The van der Waals surface area contributed by atoms with Gasteiger partial charge in [0.25, 0.3) is 0 Å². The molecule has 0 rings (SSSR count). The Hall–Kier alpha value is -0.100. The number of alkyl halides is 2. The number of ether oxygens (including phenoxy) is 2. The Morgan fingerprint density at radius 3 is 1.50 bits per heavy atom. The Labute approximate surface area is 112 Å². The van der Waals surface area contributed by atoms with Gasteiger partial charge in [0.05, 0.1) is 26.1 Å². The maximum Gasteiger partial charge on any atom is 0.306 e. The van der Waals surface area contributed by atoms with Gasteiger partial charge in [0, 0.05) is 9.65 Å². The lowest BCUT2D eigenvalue weighted by Crippen LogP contribution is -2.23. The molecular weight excluding hydrogens is 344 g/mol. The molecule has 0 amide bonds. The molecule has 0 heterocycles. The van der Waals surface area contributed by atoms with Crippen LogP contribution in [0.4, 0.5) is 0 Å². The summed E-state index contributed by atoms with van der Waals surface area (Å²) in [6.45, 7) is 4.24. The molecule has 0 fully saturated rings. The maximum atomic E-state index is 11.2. The molecule has 0 aliphatic carbocycles. The fraction of sp³-hybridized carbons (Fsp3) is 0.800. The van der Waals surface area contributed by atoms with Gasteiger partial charge in [-0.15, -0.1) is 0 Å². The Balaban J connectivity index is 3.93. The molecular formula is C10H16Br2O4. The molecule has 0 aliphatic heterocycles. The largest absolute Gasteiger partial charge is 0.466 e. The molecule has 0 saturated carbocycles. The third kappa shape index (κ3) is 7.22. The van der Waals surface area contributed by atoms with Gasteiger partial charge in [-0.2, -0.15) is 0 Å². The third-order valence-electron chi connectivity index (χ3n) is 1.73. The normalized spacial score (nSPS) is 14.0. The lowest BCUT2D eigenvalue weighted by molar-refractivity contribution is -0.145. The van der Waals surface area contributed by atoms with Gasteiger partial charge in [0.15, 0.2) is 0 Å². The van der Waals surface area contributed by atoms with E-state index in [2.05, 4.69) is 31.9 Å². The van der Waals surface area contributed by atoms with Crippen molar-refractivity contribution in [3.8, 4) is 0 Å². The Bertz CT molecular complexity index is 209. The number of esters is 2. The average Bonchev–Trinajstić information content (AvgIpc) is 2.17. The monoisotopic (exact) mass is 358 g/mol. The molecule has 94 valence electrons. The third-order valence-corrected chi connectivity index (χ3v) is 4.36. The van der Waals surface area contributed by atoms with Crippen molar-refractivity contribution in [1.29, 1.82) is 0 Å². The van der Waals surface area contributed by atoms with E-state index in [1.165, 1.54) is 0 Å². The predicted octanol–water partition coefficient (Wildman–Crippen LogP) is 2.42. The van der Waals surface area contributed by atoms with Gasteiger partial charge in [-0.1, -0.05) is 31.9 Å². The summed E-state index contributed by atoms with van der Waals surface area (Å²) in [6.07, 6.45) is 0.451. The van der Waals surface area contributed by atoms with Gasteiger partial charge in [0.1, 0.15) is 0 Å². The molecule has 0 N–H and O–H groups in total. The second kappa shape index (κ2) is 8.98. The number of halogens is 2. The highest BCUT2D eigenvalue weighted by Gasteiger charge is 2.22. The van der Waals surface area contributed by atoms with Gasteiger partial charge in [-0.3, -0.25) is 9.59 Å². The van der Waals surface area contributed by atoms with E-state index < -0.39 is 0 Å². The van der Waals surface area contributed by atoms with Crippen LogP contribution in [-0.4, -0.2) is 34.8 Å². The number of hydrogen-bond acceptors (Lipinski definition) is 4. The molecule has 0 saturated heterocycles. The first-order chi connectivity index (χ1) is 7.51. The highest BCUT2D eigenvalue weighted by atomic mass is 79.9.